The third kappa shape index (κ3) is 3.42. The van der Waals surface area contributed by atoms with Crippen molar-refractivity contribution < 1.29 is 36.1 Å². The molecule has 80 valence electrons. The summed E-state index contributed by atoms with van der Waals surface area (Å²) >= 11 is 0. The van der Waals surface area contributed by atoms with Gasteiger partial charge in [-0.3, -0.25) is 4.98 Å². The zero-order chi connectivity index (χ0) is 9.80. The Morgan fingerprint density at radius 3 is 2.38 bits per heavy atom. The van der Waals surface area contributed by atoms with Crippen LogP contribution >= 0.6 is 0 Å². The van der Waals surface area contributed by atoms with Crippen LogP contribution in [-0.4, -0.2) is 10.1 Å². The van der Waals surface area contributed by atoms with Crippen LogP contribution in [-0.2, 0) is 6.61 Å². The summed E-state index contributed by atoms with van der Waals surface area (Å²) < 4.78 is 0. The Bertz CT molecular complexity index is 423. The number of hydrogen-bond donors (Lipinski definition) is 1. The standard InChI is InChI=1S/C12H11NO.CH4.Na.H/c14-9-10-5-1-2-6-11(10)12-7-3-4-8-13-12;;;/h1-8,14H,9H2;1H4;;/q;;+1;-1. The van der Waals surface area contributed by atoms with Crippen LogP contribution in [0, 0.1) is 0 Å². The fourth-order valence-electron chi connectivity index (χ4n) is 1.43. The van der Waals surface area contributed by atoms with Gasteiger partial charge in [0.15, 0.2) is 0 Å². The molecule has 16 heavy (non-hydrogen) atoms. The van der Waals surface area contributed by atoms with E-state index in [1.165, 1.54) is 0 Å². The summed E-state index contributed by atoms with van der Waals surface area (Å²) in [6, 6.07) is 13.5. The number of aliphatic hydroxyl groups is 1. The minimum absolute atomic E-state index is 0. The first-order valence-corrected chi connectivity index (χ1v) is 4.52. The van der Waals surface area contributed by atoms with E-state index in [9.17, 15) is 0 Å². The van der Waals surface area contributed by atoms with Gasteiger partial charge in [-0.05, 0) is 17.7 Å². The molecule has 0 bridgehead atoms. The Balaban J connectivity index is 0. The molecule has 3 heteroatoms. The van der Waals surface area contributed by atoms with Gasteiger partial charge in [-0.15, -0.1) is 0 Å². The predicted molar refractivity (Wildman–Crippen MR) is 63.4 cm³/mol. The molecule has 0 radical (unpaired) electrons. The van der Waals surface area contributed by atoms with Crippen molar-refractivity contribution in [2.24, 2.45) is 0 Å². The second-order valence-corrected chi connectivity index (χ2v) is 3.03. The molecule has 0 amide bonds. The first-order valence-electron chi connectivity index (χ1n) is 4.52. The molecule has 2 rings (SSSR count). The normalized spacial score (nSPS) is 8.81. The number of pyridine rings is 1. The maximum Gasteiger partial charge on any atom is 1.00 e. The van der Waals surface area contributed by atoms with E-state index in [-0.39, 0.29) is 45.0 Å². The zero-order valence-electron chi connectivity index (χ0n) is 9.72. The minimum atomic E-state index is 0. The number of nitrogens with zero attached hydrogens (tertiary/aromatic N) is 1. The van der Waals surface area contributed by atoms with E-state index in [1.807, 2.05) is 42.5 Å². The van der Waals surface area contributed by atoms with Crippen molar-refractivity contribution in [3.05, 3.63) is 54.2 Å². The molecule has 1 aromatic carbocycles. The van der Waals surface area contributed by atoms with Crippen molar-refractivity contribution in [2.45, 2.75) is 14.0 Å². The van der Waals surface area contributed by atoms with Gasteiger partial charge in [-0.2, -0.15) is 0 Å². The largest absolute Gasteiger partial charge is 1.00 e. The maximum absolute atomic E-state index is 9.15. The molecule has 2 nitrogen and oxygen atoms in total. The molecular formula is C13H16NNaO. The van der Waals surface area contributed by atoms with Gasteiger partial charge in [0.25, 0.3) is 0 Å². The summed E-state index contributed by atoms with van der Waals surface area (Å²) in [5.41, 5.74) is 2.80. The molecule has 0 aliphatic carbocycles. The van der Waals surface area contributed by atoms with Gasteiger partial charge in [0.05, 0.1) is 12.3 Å². The Morgan fingerprint density at radius 1 is 1.06 bits per heavy atom. The molecule has 0 saturated carbocycles. The summed E-state index contributed by atoms with van der Waals surface area (Å²) in [6.07, 6.45) is 1.75. The first-order chi connectivity index (χ1) is 6.92. The van der Waals surface area contributed by atoms with Gasteiger partial charge in [-0.25, -0.2) is 0 Å². The topological polar surface area (TPSA) is 33.1 Å². The predicted octanol–water partition coefficient (Wildman–Crippen LogP) is -0.00650. The second kappa shape index (κ2) is 7.58. The summed E-state index contributed by atoms with van der Waals surface area (Å²) in [5, 5.41) is 9.15. The zero-order valence-corrected chi connectivity index (χ0v) is 10.7. The van der Waals surface area contributed by atoms with Crippen molar-refractivity contribution >= 4 is 0 Å². The molecule has 0 aliphatic heterocycles. The Hall–Kier alpha value is -0.670. The molecule has 0 fully saturated rings. The van der Waals surface area contributed by atoms with Crippen LogP contribution in [0.25, 0.3) is 11.3 Å². The Kier molecular flexibility index (Phi) is 7.26. The van der Waals surface area contributed by atoms with E-state index in [0.29, 0.717) is 0 Å². The van der Waals surface area contributed by atoms with Crippen LogP contribution in [0.5, 0.6) is 0 Å². The van der Waals surface area contributed by atoms with Crippen LogP contribution in [0.3, 0.4) is 0 Å². The fraction of sp³-hybridized carbons (Fsp3) is 0.154. The monoisotopic (exact) mass is 225 g/mol. The van der Waals surface area contributed by atoms with Gasteiger partial charge in [0, 0.05) is 11.8 Å². The van der Waals surface area contributed by atoms with Gasteiger partial charge < -0.3 is 6.53 Å². The third-order valence-electron chi connectivity index (χ3n) is 2.13. The van der Waals surface area contributed by atoms with Gasteiger partial charge in [0.1, 0.15) is 0 Å². The van der Waals surface area contributed by atoms with Crippen molar-refractivity contribution in [1.29, 1.82) is 0 Å². The first kappa shape index (κ1) is 15.3. The molecular weight excluding hydrogens is 209 g/mol. The van der Waals surface area contributed by atoms with Crippen LogP contribution < -0.4 is 29.6 Å². The maximum atomic E-state index is 9.15. The van der Waals surface area contributed by atoms with Crippen LogP contribution in [0.15, 0.2) is 48.7 Å². The van der Waals surface area contributed by atoms with Crippen LogP contribution in [0.4, 0.5) is 0 Å². The van der Waals surface area contributed by atoms with Crippen molar-refractivity contribution in [3.63, 3.8) is 0 Å². The fourth-order valence-corrected chi connectivity index (χ4v) is 1.43. The van der Waals surface area contributed by atoms with Gasteiger partial charge >= 0.3 is 29.6 Å². The van der Waals surface area contributed by atoms with E-state index in [2.05, 4.69) is 4.98 Å². The summed E-state index contributed by atoms with van der Waals surface area (Å²) in [6.45, 7) is 0.0484. The molecule has 0 spiro atoms. The van der Waals surface area contributed by atoms with E-state index >= 15 is 0 Å². The van der Waals surface area contributed by atoms with Gasteiger partial charge in [0.2, 0.25) is 0 Å². The second-order valence-electron chi connectivity index (χ2n) is 3.03. The van der Waals surface area contributed by atoms with Gasteiger partial charge in [-0.1, -0.05) is 37.8 Å². The number of hydrogen-bond acceptors (Lipinski definition) is 2. The smallest absolute Gasteiger partial charge is 1.00 e. The summed E-state index contributed by atoms with van der Waals surface area (Å²) in [5.74, 6) is 0. The molecule has 1 N–H and O–H groups in total. The molecule has 2 aromatic rings. The Labute approximate surface area is 120 Å². The third-order valence-corrected chi connectivity index (χ3v) is 2.13. The van der Waals surface area contributed by atoms with Crippen LogP contribution in [0.1, 0.15) is 14.4 Å². The molecule has 0 atom stereocenters. The number of rotatable bonds is 2. The Morgan fingerprint density at radius 2 is 1.75 bits per heavy atom. The number of aromatic nitrogens is 1. The average molecular weight is 225 g/mol. The van der Waals surface area contributed by atoms with E-state index in [4.69, 9.17) is 5.11 Å². The van der Waals surface area contributed by atoms with Crippen LogP contribution in [0.2, 0.25) is 0 Å². The van der Waals surface area contributed by atoms with E-state index in [1.54, 1.807) is 6.20 Å². The molecule has 1 heterocycles. The number of benzene rings is 1. The molecule has 0 aliphatic rings. The average Bonchev–Trinajstić information content (AvgIpc) is 2.30. The minimum Gasteiger partial charge on any atom is -1.00 e. The molecule has 0 saturated heterocycles. The quantitative estimate of drug-likeness (QED) is 0.729. The van der Waals surface area contributed by atoms with Crippen molar-refractivity contribution in [2.75, 3.05) is 0 Å². The number of aliphatic hydroxyl groups excluding tert-OH is 1. The molecule has 0 unspecified atom stereocenters. The van der Waals surface area contributed by atoms with E-state index < -0.39 is 0 Å². The van der Waals surface area contributed by atoms with Crippen molar-refractivity contribution in [3.8, 4) is 11.3 Å². The summed E-state index contributed by atoms with van der Waals surface area (Å²) in [4.78, 5) is 4.25. The SMILES string of the molecule is C.OCc1ccccc1-c1ccccn1.[H-].[Na+]. The van der Waals surface area contributed by atoms with Crippen molar-refractivity contribution in [1.82, 2.24) is 4.98 Å². The molecule has 1 aromatic heterocycles. The van der Waals surface area contributed by atoms with E-state index in [0.717, 1.165) is 16.8 Å². The summed E-state index contributed by atoms with van der Waals surface area (Å²) in [7, 11) is 0.